The van der Waals surface area contributed by atoms with E-state index in [0.29, 0.717) is 40.3 Å². The fourth-order valence-corrected chi connectivity index (χ4v) is 4.61. The second-order valence-corrected chi connectivity index (χ2v) is 7.74. The topological polar surface area (TPSA) is 49.7 Å². The van der Waals surface area contributed by atoms with Crippen LogP contribution in [0.5, 0.6) is 0 Å². The first-order valence-corrected chi connectivity index (χ1v) is 9.20. The number of benzene rings is 1. The summed E-state index contributed by atoms with van der Waals surface area (Å²) >= 11 is 0.981. The van der Waals surface area contributed by atoms with Crippen molar-refractivity contribution in [3.63, 3.8) is 0 Å². The van der Waals surface area contributed by atoms with Crippen molar-refractivity contribution in [1.82, 2.24) is 24.1 Å². The van der Waals surface area contributed by atoms with E-state index in [-0.39, 0.29) is 11.9 Å². The number of nitrogens with zero attached hydrogens (tertiary/aromatic N) is 4. The lowest BCUT2D eigenvalue weighted by molar-refractivity contribution is -0.163. The number of aromatic nitrogens is 4. The van der Waals surface area contributed by atoms with Crippen LogP contribution in [0, 0.1) is 12.7 Å². The zero-order valence-electron chi connectivity index (χ0n) is 14.6. The summed E-state index contributed by atoms with van der Waals surface area (Å²) in [6.45, 7) is 2.09. The normalized spacial score (nSPS) is 18.7. The molecule has 3 heterocycles. The van der Waals surface area contributed by atoms with Gasteiger partial charge in [-0.2, -0.15) is 18.3 Å². The molecule has 0 radical (unpaired) electrons. The Morgan fingerprint density at radius 1 is 1.30 bits per heavy atom. The molecule has 27 heavy (non-hydrogen) atoms. The van der Waals surface area contributed by atoms with Crippen LogP contribution in [-0.2, 0) is 7.05 Å². The third-order valence-corrected chi connectivity index (χ3v) is 5.75. The number of aryl methyl sites for hydroxylation is 2. The molecule has 10 heteroatoms. The Labute approximate surface area is 156 Å². The Morgan fingerprint density at radius 3 is 2.74 bits per heavy atom. The van der Waals surface area contributed by atoms with Crippen LogP contribution in [0.1, 0.15) is 18.4 Å². The van der Waals surface area contributed by atoms with Crippen molar-refractivity contribution < 1.29 is 17.6 Å². The smallest absolute Gasteiger partial charge is 0.346 e. The van der Waals surface area contributed by atoms with E-state index in [0.717, 1.165) is 11.9 Å². The number of rotatable bonds is 3. The molecule has 0 aliphatic carbocycles. The molecule has 1 fully saturated rings. The molecule has 0 amide bonds. The summed E-state index contributed by atoms with van der Waals surface area (Å²) in [5.74, 6) is -0.00675. The molecule has 144 valence electrons. The second-order valence-electron chi connectivity index (χ2n) is 6.65. The number of halogens is 4. The molecule has 5 nitrogen and oxygen atoms in total. The van der Waals surface area contributed by atoms with Crippen molar-refractivity contribution in [2.75, 3.05) is 6.54 Å². The van der Waals surface area contributed by atoms with Crippen LogP contribution >= 0.6 is 11.9 Å². The van der Waals surface area contributed by atoms with Gasteiger partial charge in [-0.25, -0.2) is 13.7 Å². The van der Waals surface area contributed by atoms with Gasteiger partial charge in [-0.1, -0.05) is 0 Å². The molecule has 1 unspecified atom stereocenters. The van der Waals surface area contributed by atoms with E-state index in [9.17, 15) is 17.6 Å². The SMILES string of the molecule is Cc1cc(F)c2[nH]c(SN3CCCC3C(F)(F)F)cc2c1-c1ncn(C)n1. The lowest BCUT2D eigenvalue weighted by Crippen LogP contribution is -2.37. The van der Waals surface area contributed by atoms with Gasteiger partial charge in [0, 0.05) is 24.5 Å². The van der Waals surface area contributed by atoms with Gasteiger partial charge in [0.05, 0.1) is 10.5 Å². The van der Waals surface area contributed by atoms with Gasteiger partial charge in [-0.05, 0) is 49.4 Å². The van der Waals surface area contributed by atoms with E-state index in [1.54, 1.807) is 31.0 Å². The van der Waals surface area contributed by atoms with Gasteiger partial charge >= 0.3 is 6.18 Å². The Hall–Kier alpha value is -2.07. The van der Waals surface area contributed by atoms with Crippen molar-refractivity contribution in [1.29, 1.82) is 0 Å². The quantitative estimate of drug-likeness (QED) is 0.522. The van der Waals surface area contributed by atoms with Gasteiger partial charge in [-0.15, -0.1) is 0 Å². The van der Waals surface area contributed by atoms with E-state index >= 15 is 0 Å². The van der Waals surface area contributed by atoms with Crippen LogP contribution < -0.4 is 0 Å². The zero-order chi connectivity index (χ0) is 19.3. The van der Waals surface area contributed by atoms with Crippen molar-refractivity contribution in [2.24, 2.45) is 7.05 Å². The van der Waals surface area contributed by atoms with Crippen molar-refractivity contribution in [2.45, 2.75) is 37.0 Å². The number of alkyl halides is 3. The summed E-state index contributed by atoms with van der Waals surface area (Å²) in [7, 11) is 1.73. The number of aromatic amines is 1. The predicted octanol–water partition coefficient (Wildman–Crippen LogP) is 4.44. The lowest BCUT2D eigenvalue weighted by atomic mass is 10.0. The first-order valence-electron chi connectivity index (χ1n) is 8.43. The molecule has 1 N–H and O–H groups in total. The highest BCUT2D eigenvalue weighted by Gasteiger charge is 2.46. The summed E-state index contributed by atoms with van der Waals surface area (Å²) in [4.78, 5) is 7.16. The second kappa shape index (κ2) is 6.52. The van der Waals surface area contributed by atoms with Gasteiger partial charge in [0.15, 0.2) is 5.82 Å². The van der Waals surface area contributed by atoms with Crippen LogP contribution in [0.25, 0.3) is 22.3 Å². The Morgan fingerprint density at radius 2 is 2.07 bits per heavy atom. The van der Waals surface area contributed by atoms with E-state index in [1.165, 1.54) is 10.4 Å². The average molecular weight is 399 g/mol. The average Bonchev–Trinajstić information content (AvgIpc) is 3.27. The summed E-state index contributed by atoms with van der Waals surface area (Å²) in [5.41, 5.74) is 1.58. The van der Waals surface area contributed by atoms with Gasteiger partial charge in [0.25, 0.3) is 0 Å². The molecule has 1 saturated heterocycles. The van der Waals surface area contributed by atoms with Crippen LogP contribution in [0.4, 0.5) is 17.6 Å². The van der Waals surface area contributed by atoms with Crippen LogP contribution in [0.15, 0.2) is 23.5 Å². The maximum atomic E-state index is 14.5. The van der Waals surface area contributed by atoms with Gasteiger partial charge in [0.2, 0.25) is 0 Å². The van der Waals surface area contributed by atoms with E-state index in [1.807, 2.05) is 0 Å². The van der Waals surface area contributed by atoms with Crippen molar-refractivity contribution >= 4 is 22.9 Å². The monoisotopic (exact) mass is 399 g/mol. The fraction of sp³-hybridized carbons (Fsp3) is 0.412. The molecular weight excluding hydrogens is 382 g/mol. The Balaban J connectivity index is 1.75. The molecule has 0 spiro atoms. The number of hydrogen-bond donors (Lipinski definition) is 1. The van der Waals surface area contributed by atoms with Crippen LogP contribution in [0.2, 0.25) is 0 Å². The molecule has 1 aliphatic rings. The van der Waals surface area contributed by atoms with Gasteiger partial charge in [-0.3, -0.25) is 4.68 Å². The highest BCUT2D eigenvalue weighted by molar-refractivity contribution is 7.97. The maximum absolute atomic E-state index is 14.5. The number of fused-ring (bicyclic) bond motifs is 1. The molecule has 1 aromatic carbocycles. The molecule has 4 rings (SSSR count). The van der Waals surface area contributed by atoms with Crippen LogP contribution in [0.3, 0.4) is 0 Å². The van der Waals surface area contributed by atoms with E-state index in [4.69, 9.17) is 0 Å². The number of H-pyrrole nitrogens is 1. The fourth-order valence-electron chi connectivity index (χ4n) is 3.46. The van der Waals surface area contributed by atoms with Crippen molar-refractivity contribution in [3.8, 4) is 11.4 Å². The molecular formula is C17H17F4N5S. The van der Waals surface area contributed by atoms with E-state index in [2.05, 4.69) is 15.1 Å². The summed E-state index contributed by atoms with van der Waals surface area (Å²) in [6.07, 6.45) is -2.17. The summed E-state index contributed by atoms with van der Waals surface area (Å²) in [6, 6.07) is 1.57. The standard InChI is InChI=1S/C17H17F4N5S/c1-9-6-11(18)15-10(14(9)16-22-8-25(2)24-16)7-13(23-15)27-26-5-3-4-12(26)17(19,20)21/h6-8,12,23H,3-5H2,1-2H3. The molecule has 1 aliphatic heterocycles. The third-order valence-electron chi connectivity index (χ3n) is 4.66. The molecule has 1 atom stereocenters. The Kier molecular flexibility index (Phi) is 4.42. The number of nitrogens with one attached hydrogen (secondary N) is 1. The van der Waals surface area contributed by atoms with Crippen LogP contribution in [-0.4, -0.2) is 42.8 Å². The molecule has 0 bridgehead atoms. The highest BCUT2D eigenvalue weighted by atomic mass is 32.2. The van der Waals surface area contributed by atoms with Crippen molar-refractivity contribution in [3.05, 3.63) is 29.8 Å². The molecule has 2 aromatic heterocycles. The summed E-state index contributed by atoms with van der Waals surface area (Å²) in [5, 5.41) is 5.30. The molecule has 0 saturated carbocycles. The molecule has 3 aromatic rings. The first kappa shape index (κ1) is 18.3. The van der Waals surface area contributed by atoms with E-state index < -0.39 is 18.0 Å². The predicted molar refractivity (Wildman–Crippen MR) is 94.6 cm³/mol. The maximum Gasteiger partial charge on any atom is 0.404 e. The zero-order valence-corrected chi connectivity index (χ0v) is 15.5. The Bertz CT molecular complexity index is 993. The lowest BCUT2D eigenvalue weighted by Gasteiger charge is -2.24. The minimum Gasteiger partial charge on any atom is -0.346 e. The minimum absolute atomic E-state index is 0.0767. The largest absolute Gasteiger partial charge is 0.404 e. The third kappa shape index (κ3) is 3.31. The minimum atomic E-state index is -4.28. The summed E-state index contributed by atoms with van der Waals surface area (Å²) < 4.78 is 56.9. The first-order chi connectivity index (χ1) is 12.7. The van der Waals surface area contributed by atoms with Gasteiger partial charge < -0.3 is 4.98 Å². The highest BCUT2D eigenvalue weighted by Crippen LogP contribution is 2.41. The number of hydrogen-bond acceptors (Lipinski definition) is 4. The van der Waals surface area contributed by atoms with Gasteiger partial charge in [0.1, 0.15) is 18.2 Å².